The normalized spacial score (nSPS) is 11.2. The highest BCUT2D eigenvalue weighted by Crippen LogP contribution is 2.59. The molecule has 7 rings (SSSR count). The number of rotatable bonds is 33. The Morgan fingerprint density at radius 3 is 1.27 bits per heavy atom. The number of fused-ring (bicyclic) bond motifs is 6. The molecule has 0 spiro atoms. The van der Waals surface area contributed by atoms with Crippen LogP contribution in [0.1, 0.15) is 185 Å². The van der Waals surface area contributed by atoms with Gasteiger partial charge in [-0.3, -0.25) is 0 Å². The number of carbonyl (C=O) groups is 1. The van der Waals surface area contributed by atoms with Crippen molar-refractivity contribution in [3.05, 3.63) is 129 Å². The van der Waals surface area contributed by atoms with E-state index in [0.717, 1.165) is 181 Å². The average molecular weight is 1150 g/mol. The monoisotopic (exact) mass is 1150 g/mol. The van der Waals surface area contributed by atoms with E-state index in [1.165, 1.54) is 0 Å². The van der Waals surface area contributed by atoms with Crippen molar-refractivity contribution >= 4 is 60.9 Å². The fourth-order valence-electron chi connectivity index (χ4n) is 9.96. The van der Waals surface area contributed by atoms with Gasteiger partial charge in [0.15, 0.2) is 23.0 Å². The van der Waals surface area contributed by atoms with Crippen LogP contribution in [0.3, 0.4) is 0 Å². The van der Waals surface area contributed by atoms with Gasteiger partial charge < -0.3 is 28.4 Å². The van der Waals surface area contributed by atoms with Crippen LogP contribution in [0.5, 0.6) is 34.5 Å². The highest BCUT2D eigenvalue weighted by Gasteiger charge is 2.33. The fourth-order valence-corrected chi connectivity index (χ4v) is 10.9. The molecule has 0 fully saturated rings. The van der Waals surface area contributed by atoms with Gasteiger partial charge in [0.25, 0.3) is 0 Å². The van der Waals surface area contributed by atoms with Gasteiger partial charge in [0.05, 0.1) is 44.2 Å². The van der Waals surface area contributed by atoms with Gasteiger partial charge in [0.2, 0.25) is 11.5 Å². The second kappa shape index (κ2) is 32.1. The van der Waals surface area contributed by atoms with Crippen LogP contribution in [0, 0.1) is 15.4 Å². The van der Waals surface area contributed by atoms with Gasteiger partial charge in [-0.2, -0.15) is 0 Å². The molecular weight excluding hydrogens is 1070 g/mol. The number of benzene rings is 7. The molecule has 408 valence electrons. The van der Waals surface area contributed by atoms with Gasteiger partial charge in [-0.15, -0.1) is 0 Å². The molecule has 0 aliphatic heterocycles. The minimum atomic E-state index is -0.507. The predicted octanol–water partition coefficient (Wildman–Crippen LogP) is 19.8. The lowest BCUT2D eigenvalue weighted by Crippen LogP contribution is -2.13. The van der Waals surface area contributed by atoms with Gasteiger partial charge in [0.1, 0.15) is 0 Å². The Hall–Kier alpha value is -5.92. The lowest BCUT2D eigenvalue weighted by Gasteiger charge is -2.26. The number of hydrogen-bond donors (Lipinski definition) is 0. The van der Waals surface area contributed by atoms with E-state index in [4.69, 9.17) is 28.4 Å². The van der Waals surface area contributed by atoms with E-state index < -0.39 is 5.97 Å². The summed E-state index contributed by atoms with van der Waals surface area (Å²) in [6.45, 7) is 13.5. The number of halogens is 1. The van der Waals surface area contributed by atoms with Gasteiger partial charge in [-0.25, -0.2) is 4.79 Å². The second-order valence-electron chi connectivity index (χ2n) is 20.2. The smallest absolute Gasteiger partial charge is 0.343 e. The minimum absolute atomic E-state index is 0.265. The number of hydrogen-bond acceptors (Lipinski definition) is 7. The lowest BCUT2D eigenvalue weighted by molar-refractivity contribution is 0.0727. The first kappa shape index (κ1) is 58.8. The summed E-state index contributed by atoms with van der Waals surface area (Å²) in [7, 11) is 0. The molecule has 0 saturated carbocycles. The number of esters is 1. The molecule has 0 bridgehead atoms. The van der Waals surface area contributed by atoms with Crippen molar-refractivity contribution in [3.63, 3.8) is 0 Å². The molecule has 7 aromatic carbocycles. The molecule has 0 atom stereocenters. The summed E-state index contributed by atoms with van der Waals surface area (Å²) in [4.78, 5) is 14.8. The topological polar surface area (TPSA) is 72.5 Å². The summed E-state index contributed by atoms with van der Waals surface area (Å²) in [5.74, 6) is 9.78. The number of carbonyl (C=O) groups excluding carboxylic acids is 1. The number of unbranched alkanes of at least 4 members (excludes halogenated alkanes) is 15. The van der Waals surface area contributed by atoms with Gasteiger partial charge in [-0.05, 0) is 94.8 Å². The quantitative estimate of drug-likeness (QED) is 0.0101. The molecule has 7 nitrogen and oxygen atoms in total. The van der Waals surface area contributed by atoms with Crippen molar-refractivity contribution < 1.29 is 33.2 Å². The molecule has 0 unspecified atom stereocenters. The van der Waals surface area contributed by atoms with E-state index in [9.17, 15) is 4.79 Å². The van der Waals surface area contributed by atoms with Crippen LogP contribution in [0.4, 0.5) is 0 Å². The van der Waals surface area contributed by atoms with E-state index >= 15 is 0 Å². The standard InChI is InChI=1S/C69H83IO7/c1-6-11-16-31-46-72-64-59-56-43-30-29-42-55(56)58-60(61(59)66(74-48-33-18-13-8-3)68(76-50-35-20-15-10-5)67(64)75-49-34-19-14-9-4)65(73-47-32-17-12-7-2)63(77-69(71)53-39-25-22-26-40-53)57(62(58)70)45-44-52-38-27-28-41-54(52)51-36-23-21-24-37-51/h21-30,36-43H,6-20,31-35,46-50H2,1-5H3. The van der Waals surface area contributed by atoms with Crippen LogP contribution in [-0.2, 0) is 0 Å². The van der Waals surface area contributed by atoms with Crippen LogP contribution in [0.25, 0.3) is 43.4 Å². The van der Waals surface area contributed by atoms with Crippen LogP contribution < -0.4 is 28.4 Å². The van der Waals surface area contributed by atoms with Crippen molar-refractivity contribution in [2.75, 3.05) is 33.0 Å². The second-order valence-corrected chi connectivity index (χ2v) is 21.3. The molecule has 0 aromatic heterocycles. The molecule has 0 heterocycles. The third kappa shape index (κ3) is 15.6. The van der Waals surface area contributed by atoms with Crippen LogP contribution >= 0.6 is 22.6 Å². The average Bonchev–Trinajstić information content (AvgIpc) is 3.55. The molecule has 0 amide bonds. The summed E-state index contributed by atoms with van der Waals surface area (Å²) >= 11 is 2.44. The Balaban J connectivity index is 1.66. The zero-order valence-electron chi connectivity index (χ0n) is 46.8. The molecule has 77 heavy (non-hydrogen) atoms. The van der Waals surface area contributed by atoms with Crippen molar-refractivity contribution in [1.82, 2.24) is 0 Å². The summed E-state index contributed by atoms with van der Waals surface area (Å²) in [6, 6.07) is 36.3. The van der Waals surface area contributed by atoms with E-state index in [0.29, 0.717) is 72.9 Å². The summed E-state index contributed by atoms with van der Waals surface area (Å²) < 4.78 is 43.7. The highest BCUT2D eigenvalue weighted by molar-refractivity contribution is 14.1. The van der Waals surface area contributed by atoms with E-state index in [2.05, 4.69) is 112 Å². The molecule has 0 saturated heterocycles. The van der Waals surface area contributed by atoms with Gasteiger partial charge >= 0.3 is 5.97 Å². The maximum atomic E-state index is 14.8. The molecule has 7 aromatic rings. The maximum absolute atomic E-state index is 14.8. The Kier molecular flexibility index (Phi) is 24.5. The van der Waals surface area contributed by atoms with Crippen molar-refractivity contribution in [2.24, 2.45) is 0 Å². The lowest BCUT2D eigenvalue weighted by atomic mass is 9.90. The number of ether oxygens (including phenoxy) is 6. The summed E-state index contributed by atoms with van der Waals surface area (Å²) in [5, 5.41) is 5.28. The summed E-state index contributed by atoms with van der Waals surface area (Å²) in [5.41, 5.74) is 3.90. The molecule has 0 aliphatic carbocycles. The third-order valence-corrected chi connectivity index (χ3v) is 15.2. The Morgan fingerprint density at radius 2 is 0.779 bits per heavy atom. The molecule has 0 aliphatic rings. The summed E-state index contributed by atoms with van der Waals surface area (Å²) in [6.07, 6.45) is 20.6. The van der Waals surface area contributed by atoms with E-state index in [-0.39, 0.29) is 5.75 Å². The van der Waals surface area contributed by atoms with Crippen LogP contribution in [0.2, 0.25) is 0 Å². The van der Waals surface area contributed by atoms with Gasteiger partial charge in [-0.1, -0.05) is 234 Å². The van der Waals surface area contributed by atoms with E-state index in [1.54, 1.807) is 12.1 Å². The molecule has 8 heteroatoms. The minimum Gasteiger partial charge on any atom is -0.489 e. The van der Waals surface area contributed by atoms with Crippen LogP contribution in [0.15, 0.2) is 109 Å². The molecule has 0 N–H and O–H groups in total. The van der Waals surface area contributed by atoms with E-state index in [1.807, 2.05) is 54.6 Å². The van der Waals surface area contributed by atoms with Crippen molar-refractivity contribution in [2.45, 2.75) is 163 Å². The van der Waals surface area contributed by atoms with Crippen molar-refractivity contribution in [1.29, 1.82) is 0 Å². The zero-order chi connectivity index (χ0) is 54.0. The molecule has 0 radical (unpaired) electrons. The highest BCUT2D eigenvalue weighted by atomic mass is 127. The maximum Gasteiger partial charge on any atom is 0.343 e. The Bertz CT molecular complexity index is 3010. The Labute approximate surface area is 474 Å². The third-order valence-electron chi connectivity index (χ3n) is 14.1. The first-order valence-electron chi connectivity index (χ1n) is 29.3. The fraction of sp³-hybridized carbons (Fsp3) is 0.435. The molecular formula is C69H83IO7. The largest absolute Gasteiger partial charge is 0.489 e. The first-order chi connectivity index (χ1) is 38.0. The SMILES string of the molecule is CCCCCCOc1c(OCCCCCC)c(OCCCCCC)c2c(c1OCCCCCC)c1ccccc1c1c(I)c(C#Cc3ccccc3-c3ccccc3)c(OC(=O)c3ccccc3)c(OCCCCCC)c12. The van der Waals surface area contributed by atoms with Crippen molar-refractivity contribution in [3.8, 4) is 57.5 Å². The zero-order valence-corrected chi connectivity index (χ0v) is 49.0. The first-order valence-corrected chi connectivity index (χ1v) is 30.4. The Morgan fingerprint density at radius 1 is 0.390 bits per heavy atom. The predicted molar refractivity (Wildman–Crippen MR) is 329 cm³/mol. The van der Waals surface area contributed by atoms with Crippen LogP contribution in [-0.4, -0.2) is 39.0 Å². The van der Waals surface area contributed by atoms with Gasteiger partial charge in [0, 0.05) is 30.7 Å².